The van der Waals surface area contributed by atoms with Crippen molar-refractivity contribution in [2.24, 2.45) is 5.41 Å². The average molecular weight is 197 g/mol. The Morgan fingerprint density at radius 2 is 1.80 bits per heavy atom. The quantitative estimate of drug-likeness (QED) is 0.512. The highest BCUT2D eigenvalue weighted by Crippen LogP contribution is 2.33. The van der Waals surface area contributed by atoms with E-state index in [4.69, 9.17) is 0 Å². The molecule has 15 heavy (non-hydrogen) atoms. The molecule has 0 heterocycles. The van der Waals surface area contributed by atoms with Crippen LogP contribution in [-0.2, 0) is 0 Å². The van der Waals surface area contributed by atoms with E-state index in [1.165, 1.54) is 16.7 Å². The summed E-state index contributed by atoms with van der Waals surface area (Å²) in [5.74, 6) is 0. The first-order valence-corrected chi connectivity index (χ1v) is 5.40. The van der Waals surface area contributed by atoms with Crippen molar-refractivity contribution in [3.05, 3.63) is 65.7 Å². The van der Waals surface area contributed by atoms with Crippen molar-refractivity contribution in [2.45, 2.75) is 20.8 Å². The molecular formula is C15H17-. The van der Waals surface area contributed by atoms with Crippen molar-refractivity contribution in [1.29, 1.82) is 0 Å². The molecule has 0 aromatic heterocycles. The van der Waals surface area contributed by atoms with Gasteiger partial charge in [0.05, 0.1) is 0 Å². The minimum absolute atomic E-state index is 0.243. The Hall–Kier alpha value is -1.43. The fourth-order valence-corrected chi connectivity index (χ4v) is 1.72. The molecule has 0 N–H and O–H groups in total. The maximum atomic E-state index is 2.29. The summed E-state index contributed by atoms with van der Waals surface area (Å²) >= 11 is 0. The van der Waals surface area contributed by atoms with Crippen LogP contribution in [0.1, 0.15) is 20.8 Å². The monoisotopic (exact) mass is 197 g/mol. The molecule has 2 rings (SSSR count). The Morgan fingerprint density at radius 1 is 1.00 bits per heavy atom. The van der Waals surface area contributed by atoms with Gasteiger partial charge in [0.2, 0.25) is 0 Å². The lowest BCUT2D eigenvalue weighted by atomic mass is 9.87. The molecule has 0 aromatic rings. The molecule has 0 aliphatic heterocycles. The van der Waals surface area contributed by atoms with Gasteiger partial charge in [0, 0.05) is 0 Å². The van der Waals surface area contributed by atoms with Crippen molar-refractivity contribution < 1.29 is 0 Å². The van der Waals surface area contributed by atoms with Crippen molar-refractivity contribution >= 4 is 0 Å². The van der Waals surface area contributed by atoms with Gasteiger partial charge in [-0.3, -0.25) is 0 Å². The zero-order valence-electron chi connectivity index (χ0n) is 9.62. The van der Waals surface area contributed by atoms with E-state index in [0.29, 0.717) is 0 Å². The molecule has 0 nitrogen and oxygen atoms in total. The fraction of sp³-hybridized carbons (Fsp3) is 0.267. The lowest BCUT2D eigenvalue weighted by molar-refractivity contribution is 0.518. The molecule has 0 saturated heterocycles. The van der Waals surface area contributed by atoms with E-state index < -0.39 is 0 Å². The highest BCUT2D eigenvalue weighted by atomic mass is 14.2. The van der Waals surface area contributed by atoms with Crippen LogP contribution in [0.3, 0.4) is 0 Å². The predicted octanol–water partition coefficient (Wildman–Crippen LogP) is 4.16. The molecule has 0 saturated carbocycles. The summed E-state index contributed by atoms with van der Waals surface area (Å²) in [7, 11) is 0. The zero-order chi connectivity index (χ0) is 10.9. The summed E-state index contributed by atoms with van der Waals surface area (Å²) in [6.45, 7) is 6.74. The molecule has 2 aliphatic rings. The van der Waals surface area contributed by atoms with Crippen molar-refractivity contribution in [1.82, 2.24) is 0 Å². The first-order valence-electron chi connectivity index (χ1n) is 5.40. The maximum absolute atomic E-state index is 2.29. The number of rotatable bonds is 0. The van der Waals surface area contributed by atoms with Crippen LogP contribution in [0.25, 0.3) is 0 Å². The van der Waals surface area contributed by atoms with Crippen LogP contribution < -0.4 is 0 Å². The van der Waals surface area contributed by atoms with Gasteiger partial charge in [0.1, 0.15) is 0 Å². The summed E-state index contributed by atoms with van der Waals surface area (Å²) < 4.78 is 0. The Bertz CT molecular complexity index is 404. The van der Waals surface area contributed by atoms with E-state index in [1.807, 2.05) is 0 Å². The van der Waals surface area contributed by atoms with Crippen LogP contribution in [0.2, 0.25) is 0 Å². The van der Waals surface area contributed by atoms with E-state index in [0.717, 1.165) is 0 Å². The lowest BCUT2D eigenvalue weighted by Gasteiger charge is -2.19. The summed E-state index contributed by atoms with van der Waals surface area (Å²) in [4.78, 5) is 0. The Morgan fingerprint density at radius 3 is 2.33 bits per heavy atom. The number of hydrogen-bond donors (Lipinski definition) is 0. The van der Waals surface area contributed by atoms with Gasteiger partial charge in [-0.05, 0) is 5.41 Å². The Kier molecular flexibility index (Phi) is 2.44. The van der Waals surface area contributed by atoms with Gasteiger partial charge < -0.3 is 0 Å². The number of allylic oxidation sites excluding steroid dienone is 10. The molecule has 0 fully saturated rings. The van der Waals surface area contributed by atoms with Gasteiger partial charge in [-0.2, -0.15) is 0 Å². The highest BCUT2D eigenvalue weighted by Gasteiger charge is 2.16. The second kappa shape index (κ2) is 3.62. The highest BCUT2D eigenvalue weighted by molar-refractivity contribution is 5.56. The molecule has 0 radical (unpaired) electrons. The van der Waals surface area contributed by atoms with Gasteiger partial charge in [-0.1, -0.05) is 50.1 Å². The van der Waals surface area contributed by atoms with Crippen molar-refractivity contribution in [2.75, 3.05) is 0 Å². The van der Waals surface area contributed by atoms with Gasteiger partial charge in [0.25, 0.3) is 0 Å². The van der Waals surface area contributed by atoms with E-state index in [2.05, 4.69) is 69.7 Å². The van der Waals surface area contributed by atoms with Gasteiger partial charge in [-0.15, -0.1) is 36.3 Å². The van der Waals surface area contributed by atoms with Crippen LogP contribution in [0.5, 0.6) is 0 Å². The van der Waals surface area contributed by atoms with E-state index >= 15 is 0 Å². The third-order valence-corrected chi connectivity index (χ3v) is 2.73. The predicted molar refractivity (Wildman–Crippen MR) is 66.3 cm³/mol. The van der Waals surface area contributed by atoms with Gasteiger partial charge >= 0.3 is 0 Å². The standard InChI is InChI=1S/C15H17/c1-15(2,3)14-10-9-13(11-14)12-7-5-4-6-8-12/h4-11H,1-3H3/q-1. The molecule has 0 bridgehead atoms. The molecular weight excluding hydrogens is 180 g/mol. The third kappa shape index (κ3) is 2.15. The van der Waals surface area contributed by atoms with E-state index in [-0.39, 0.29) is 5.41 Å². The summed E-state index contributed by atoms with van der Waals surface area (Å²) in [5.41, 5.74) is 4.27. The van der Waals surface area contributed by atoms with Crippen molar-refractivity contribution in [3.63, 3.8) is 0 Å². The maximum Gasteiger partial charge on any atom is -0.0140 e. The van der Waals surface area contributed by atoms with Crippen LogP contribution in [0.4, 0.5) is 0 Å². The Labute approximate surface area is 92.4 Å². The minimum atomic E-state index is 0.243. The molecule has 2 aliphatic carbocycles. The minimum Gasteiger partial charge on any atom is -0.145 e. The molecule has 0 atom stereocenters. The second-order valence-corrected chi connectivity index (χ2v) is 5.00. The third-order valence-electron chi connectivity index (χ3n) is 2.73. The van der Waals surface area contributed by atoms with Crippen LogP contribution in [0, 0.1) is 11.8 Å². The molecule has 0 heteroatoms. The summed E-state index contributed by atoms with van der Waals surface area (Å²) in [5, 5.41) is 0. The average Bonchev–Trinajstić information content (AvgIpc) is 2.67. The first kappa shape index (κ1) is 10.1. The van der Waals surface area contributed by atoms with Crippen LogP contribution in [0.15, 0.2) is 59.3 Å². The number of hydrogen-bond acceptors (Lipinski definition) is 0. The molecule has 0 unspecified atom stereocenters. The largest absolute Gasteiger partial charge is 0.145 e. The summed E-state index contributed by atoms with van der Waals surface area (Å²) in [6.07, 6.45) is 17.2. The first-order chi connectivity index (χ1) is 7.07. The van der Waals surface area contributed by atoms with Crippen LogP contribution >= 0.6 is 0 Å². The summed E-state index contributed by atoms with van der Waals surface area (Å²) in [6, 6.07) is 0. The van der Waals surface area contributed by atoms with Gasteiger partial charge in [0.15, 0.2) is 0 Å². The van der Waals surface area contributed by atoms with Crippen molar-refractivity contribution in [3.8, 4) is 0 Å². The molecule has 0 aromatic carbocycles. The lowest BCUT2D eigenvalue weighted by Crippen LogP contribution is -2.05. The SMILES string of the molecule is CC(C)(C)C1=C/C(=C2/C=CC=C[CH-]2)C=C1. The fourth-order valence-electron chi connectivity index (χ4n) is 1.72. The normalized spacial score (nSPS) is 24.3. The smallest absolute Gasteiger partial charge is 0.0140 e. The van der Waals surface area contributed by atoms with Gasteiger partial charge in [-0.25, -0.2) is 0 Å². The van der Waals surface area contributed by atoms with Crippen LogP contribution in [-0.4, -0.2) is 0 Å². The van der Waals surface area contributed by atoms with E-state index in [9.17, 15) is 0 Å². The topological polar surface area (TPSA) is 0 Å². The zero-order valence-corrected chi connectivity index (χ0v) is 9.62. The Balaban J connectivity index is 2.30. The van der Waals surface area contributed by atoms with E-state index in [1.54, 1.807) is 0 Å². The second-order valence-electron chi connectivity index (χ2n) is 5.00. The molecule has 0 spiro atoms. The molecule has 0 amide bonds. The molecule has 78 valence electrons.